The Morgan fingerprint density at radius 1 is 1.39 bits per heavy atom. The fourth-order valence-electron chi connectivity index (χ4n) is 2.95. The summed E-state index contributed by atoms with van der Waals surface area (Å²) in [6.45, 7) is 3.14. The van der Waals surface area contributed by atoms with Gasteiger partial charge in [0.05, 0.1) is 18.3 Å². The molecule has 0 aromatic heterocycles. The van der Waals surface area contributed by atoms with E-state index >= 15 is 0 Å². The van der Waals surface area contributed by atoms with Gasteiger partial charge >= 0.3 is 5.97 Å². The minimum Gasteiger partial charge on any atom is -0.477 e. The molecule has 1 heterocycles. The molecule has 1 aliphatic rings. The predicted octanol–water partition coefficient (Wildman–Crippen LogP) is -0.319. The van der Waals surface area contributed by atoms with Crippen molar-refractivity contribution in [2.45, 2.75) is 69.7 Å². The quantitative estimate of drug-likeness (QED) is 0.474. The van der Waals surface area contributed by atoms with Crippen molar-refractivity contribution in [2.75, 3.05) is 7.11 Å². The molecular weight excluding hydrogens is 308 g/mol. The lowest BCUT2D eigenvalue weighted by Crippen LogP contribution is -2.61. The summed E-state index contributed by atoms with van der Waals surface area (Å²) in [6, 6.07) is 0. The first kappa shape index (κ1) is 20.0. The maximum atomic E-state index is 11.5. The monoisotopic (exact) mass is 334 g/mol. The van der Waals surface area contributed by atoms with Gasteiger partial charge in [-0.05, 0) is 13.3 Å². The lowest BCUT2D eigenvalue weighted by Gasteiger charge is -2.46. The van der Waals surface area contributed by atoms with Crippen molar-refractivity contribution >= 4 is 11.8 Å². The predicted molar refractivity (Wildman–Crippen MR) is 78.6 cm³/mol. The molecule has 0 aliphatic carbocycles. The highest BCUT2D eigenvalue weighted by Crippen LogP contribution is 2.38. The van der Waals surface area contributed by atoms with E-state index in [0.29, 0.717) is 6.42 Å². The number of aliphatic hydroxyl groups excluding tert-OH is 3. The van der Waals surface area contributed by atoms with Crippen molar-refractivity contribution < 1.29 is 39.5 Å². The van der Waals surface area contributed by atoms with E-state index in [1.807, 2.05) is 6.92 Å². The molecule has 1 rings (SSSR count). The Bertz CT molecular complexity index is 426. The minimum atomic E-state index is -2.12. The maximum Gasteiger partial charge on any atom is 0.364 e. The van der Waals surface area contributed by atoms with Crippen LogP contribution in [0.15, 0.2) is 0 Å². The van der Waals surface area contributed by atoms with Crippen LogP contribution in [-0.4, -0.2) is 69.5 Å². The van der Waals surface area contributed by atoms with Crippen LogP contribution in [0.1, 0.15) is 39.5 Å². The largest absolute Gasteiger partial charge is 0.477 e. The molecule has 1 fully saturated rings. The van der Waals surface area contributed by atoms with E-state index in [0.717, 1.165) is 7.11 Å². The number of carboxylic acid groups (broad SMARTS) is 1. The number of ketones is 1. The van der Waals surface area contributed by atoms with E-state index in [-0.39, 0.29) is 25.0 Å². The zero-order valence-electron chi connectivity index (χ0n) is 13.6. The van der Waals surface area contributed by atoms with Crippen LogP contribution in [0.5, 0.6) is 0 Å². The molecular formula is C15H26O8. The average Bonchev–Trinajstić information content (AvgIpc) is 2.48. The molecule has 0 aromatic rings. The van der Waals surface area contributed by atoms with Crippen molar-refractivity contribution in [1.29, 1.82) is 0 Å². The lowest BCUT2D eigenvalue weighted by atomic mass is 9.80. The number of aliphatic hydroxyl groups is 3. The Labute approximate surface area is 135 Å². The first-order valence-electron chi connectivity index (χ1n) is 7.68. The second-order valence-corrected chi connectivity index (χ2v) is 6.03. The molecule has 0 spiro atoms. The third-order valence-corrected chi connectivity index (χ3v) is 4.21. The summed E-state index contributed by atoms with van der Waals surface area (Å²) in [5.41, 5.74) is 0. The number of methoxy groups -OCH3 is 1. The SMILES string of the molecule is CCC[C@@H](O)C(O)C1O[C@@](OC)(C(=O)O)C[C@@H](O)[C@H]1CC(C)=O. The highest BCUT2D eigenvalue weighted by Gasteiger charge is 2.54. The normalized spacial score (nSPS) is 33.9. The van der Waals surface area contributed by atoms with Gasteiger partial charge in [0, 0.05) is 25.9 Å². The molecule has 2 unspecified atom stereocenters. The van der Waals surface area contributed by atoms with E-state index in [1.165, 1.54) is 6.92 Å². The highest BCUT2D eigenvalue weighted by molar-refractivity contribution is 5.77. The zero-order chi connectivity index (χ0) is 17.8. The van der Waals surface area contributed by atoms with Gasteiger partial charge in [0.1, 0.15) is 11.9 Å². The third kappa shape index (κ3) is 4.48. The Kier molecular flexibility index (Phi) is 7.09. The van der Waals surface area contributed by atoms with E-state index in [2.05, 4.69) is 0 Å². The topological polar surface area (TPSA) is 134 Å². The van der Waals surface area contributed by atoms with Gasteiger partial charge in [0.2, 0.25) is 0 Å². The van der Waals surface area contributed by atoms with Crippen LogP contribution in [0.4, 0.5) is 0 Å². The van der Waals surface area contributed by atoms with Gasteiger partial charge in [0.25, 0.3) is 5.79 Å². The van der Waals surface area contributed by atoms with Gasteiger partial charge in [-0.3, -0.25) is 0 Å². The summed E-state index contributed by atoms with van der Waals surface area (Å²) < 4.78 is 10.4. The second kappa shape index (κ2) is 8.16. The first-order chi connectivity index (χ1) is 10.7. The van der Waals surface area contributed by atoms with Crippen LogP contribution in [-0.2, 0) is 19.1 Å². The molecule has 6 atom stereocenters. The van der Waals surface area contributed by atoms with Crippen molar-refractivity contribution in [2.24, 2.45) is 5.92 Å². The van der Waals surface area contributed by atoms with Gasteiger partial charge in [0.15, 0.2) is 0 Å². The van der Waals surface area contributed by atoms with Crippen LogP contribution >= 0.6 is 0 Å². The van der Waals surface area contributed by atoms with Gasteiger partial charge in [-0.15, -0.1) is 0 Å². The molecule has 0 aromatic carbocycles. The summed E-state index contributed by atoms with van der Waals surface area (Å²) >= 11 is 0. The number of Topliss-reactive ketones (excluding diaryl/α,β-unsaturated/α-hetero) is 1. The molecule has 8 heteroatoms. The van der Waals surface area contributed by atoms with Crippen molar-refractivity contribution in [3.63, 3.8) is 0 Å². The first-order valence-corrected chi connectivity index (χ1v) is 7.68. The molecule has 134 valence electrons. The summed E-state index contributed by atoms with van der Waals surface area (Å²) in [7, 11) is 1.12. The molecule has 23 heavy (non-hydrogen) atoms. The standard InChI is InChI=1S/C15H26O8/c1-4-5-10(17)12(19)13-9(6-8(2)16)11(18)7-15(22-3,23-13)14(20)21/h9-13,17-19H,4-7H2,1-3H3,(H,20,21)/t9-,10-,11-,12?,13?,15-/m1/s1. The molecule has 1 aliphatic heterocycles. The fraction of sp³-hybridized carbons (Fsp3) is 0.867. The Balaban J connectivity index is 3.12. The number of carbonyl (C=O) groups is 2. The molecule has 0 bridgehead atoms. The summed E-state index contributed by atoms with van der Waals surface area (Å²) in [5.74, 6) is -4.62. The Hall–Kier alpha value is -1.06. The Morgan fingerprint density at radius 2 is 2.00 bits per heavy atom. The summed E-state index contributed by atoms with van der Waals surface area (Å²) in [4.78, 5) is 22.9. The number of rotatable bonds is 8. The molecule has 0 amide bonds. The number of hydrogen-bond donors (Lipinski definition) is 4. The smallest absolute Gasteiger partial charge is 0.364 e. The lowest BCUT2D eigenvalue weighted by molar-refractivity contribution is -0.311. The number of carbonyl (C=O) groups excluding carboxylic acids is 1. The van der Waals surface area contributed by atoms with E-state index in [1.54, 1.807) is 0 Å². The van der Waals surface area contributed by atoms with E-state index in [4.69, 9.17) is 9.47 Å². The maximum absolute atomic E-state index is 11.5. The summed E-state index contributed by atoms with van der Waals surface area (Å²) in [5, 5.41) is 40.0. The molecule has 8 nitrogen and oxygen atoms in total. The third-order valence-electron chi connectivity index (χ3n) is 4.21. The van der Waals surface area contributed by atoms with Crippen molar-refractivity contribution in [1.82, 2.24) is 0 Å². The second-order valence-electron chi connectivity index (χ2n) is 6.03. The number of hydrogen-bond acceptors (Lipinski definition) is 7. The van der Waals surface area contributed by atoms with Crippen LogP contribution in [0.25, 0.3) is 0 Å². The molecule has 4 N–H and O–H groups in total. The van der Waals surface area contributed by atoms with E-state index in [9.17, 15) is 30.0 Å². The van der Waals surface area contributed by atoms with Crippen molar-refractivity contribution in [3.8, 4) is 0 Å². The van der Waals surface area contributed by atoms with Crippen LogP contribution in [0.2, 0.25) is 0 Å². The highest BCUT2D eigenvalue weighted by atomic mass is 16.7. The Morgan fingerprint density at radius 3 is 2.43 bits per heavy atom. The molecule has 0 radical (unpaired) electrons. The fourth-order valence-corrected chi connectivity index (χ4v) is 2.95. The van der Waals surface area contributed by atoms with Crippen molar-refractivity contribution in [3.05, 3.63) is 0 Å². The molecule has 0 saturated carbocycles. The zero-order valence-corrected chi connectivity index (χ0v) is 13.6. The van der Waals surface area contributed by atoms with E-state index < -0.39 is 42.1 Å². The van der Waals surface area contributed by atoms with Crippen LogP contribution in [0.3, 0.4) is 0 Å². The van der Waals surface area contributed by atoms with Crippen LogP contribution < -0.4 is 0 Å². The number of aliphatic carboxylic acids is 1. The van der Waals surface area contributed by atoms with Gasteiger partial charge in [-0.25, -0.2) is 4.79 Å². The van der Waals surface area contributed by atoms with Gasteiger partial charge in [-0.1, -0.05) is 13.3 Å². The number of ether oxygens (including phenoxy) is 2. The average molecular weight is 334 g/mol. The number of carboxylic acids is 1. The summed E-state index contributed by atoms with van der Waals surface area (Å²) in [6.07, 6.45) is -4.66. The minimum absolute atomic E-state index is 0.0961. The van der Waals surface area contributed by atoms with Crippen LogP contribution in [0, 0.1) is 5.92 Å². The van der Waals surface area contributed by atoms with Gasteiger partial charge < -0.3 is 34.7 Å². The molecule has 1 saturated heterocycles. The van der Waals surface area contributed by atoms with Gasteiger partial charge in [-0.2, -0.15) is 0 Å².